The van der Waals surface area contributed by atoms with Gasteiger partial charge in [0.25, 0.3) is 0 Å². The minimum absolute atomic E-state index is 0.0230. The lowest BCUT2D eigenvalue weighted by Gasteiger charge is -2.35. The molecule has 2 heterocycles. The summed E-state index contributed by atoms with van der Waals surface area (Å²) in [7, 11) is 1.70. The largest absolute Gasteiger partial charge is 0.490 e. The Morgan fingerprint density at radius 3 is 2.15 bits per heavy atom. The molecule has 0 radical (unpaired) electrons. The number of likely N-dealkylation sites (tertiary alicyclic amines) is 1. The number of piperidine rings is 1. The maximum atomic E-state index is 13.1. The van der Waals surface area contributed by atoms with Crippen LogP contribution in [0.1, 0.15) is 56.9 Å². The molecular formula is C37H45N5O5. The summed E-state index contributed by atoms with van der Waals surface area (Å²) in [6.07, 6.45) is 8.12. The van der Waals surface area contributed by atoms with Gasteiger partial charge >= 0.3 is 18.2 Å². The highest BCUT2D eigenvalue weighted by molar-refractivity contribution is 5.99. The molecule has 3 aromatic rings. The van der Waals surface area contributed by atoms with Gasteiger partial charge in [-0.3, -0.25) is 0 Å². The standard InChI is InChI=1S/C37H45N5O5/c1-40(36(44)47-37(45)42-23-8-7-11-31(42)25-27-9-3-2-4-10-27)32-22-24-41(26-32)30-18-14-28(15-19-30)38-35(43)39-29-16-20-34(21-17-29)46-33-12-5-6-13-33/h2-4,9-10,14-21,31-33H,5-8,11-13,22-26H2,1H3,(H2,38,39,43)/t31?,32-/m0/s1. The van der Waals surface area contributed by atoms with Crippen LogP contribution in [0.15, 0.2) is 78.9 Å². The average Bonchev–Trinajstić information content (AvgIpc) is 3.79. The molecular weight excluding hydrogens is 594 g/mol. The van der Waals surface area contributed by atoms with Gasteiger partial charge in [-0.15, -0.1) is 0 Å². The summed E-state index contributed by atoms with van der Waals surface area (Å²) in [6, 6.07) is 24.8. The number of carbonyl (C=O) groups is 3. The van der Waals surface area contributed by atoms with E-state index in [1.165, 1.54) is 18.4 Å². The van der Waals surface area contributed by atoms with Crippen molar-refractivity contribution in [2.24, 2.45) is 0 Å². The van der Waals surface area contributed by atoms with E-state index in [0.29, 0.717) is 30.6 Å². The van der Waals surface area contributed by atoms with Crippen molar-refractivity contribution in [1.82, 2.24) is 9.80 Å². The number of carbonyl (C=O) groups excluding carboxylic acids is 3. The number of ether oxygens (including phenoxy) is 2. The van der Waals surface area contributed by atoms with Gasteiger partial charge in [-0.25, -0.2) is 14.4 Å². The monoisotopic (exact) mass is 639 g/mol. The van der Waals surface area contributed by atoms with Crippen LogP contribution in [0, 0.1) is 0 Å². The van der Waals surface area contributed by atoms with Crippen molar-refractivity contribution in [2.75, 3.05) is 42.2 Å². The van der Waals surface area contributed by atoms with E-state index >= 15 is 0 Å². The Labute approximate surface area is 277 Å². The van der Waals surface area contributed by atoms with Gasteiger partial charge in [-0.2, -0.15) is 0 Å². The Balaban J connectivity index is 0.952. The van der Waals surface area contributed by atoms with E-state index in [0.717, 1.165) is 62.9 Å². The Morgan fingerprint density at radius 2 is 1.45 bits per heavy atom. The summed E-state index contributed by atoms with van der Waals surface area (Å²) in [4.78, 5) is 44.2. The molecule has 1 unspecified atom stereocenters. The van der Waals surface area contributed by atoms with Gasteiger partial charge in [0.1, 0.15) is 5.75 Å². The fourth-order valence-electron chi connectivity index (χ4n) is 6.85. The number of rotatable bonds is 8. The fraction of sp³-hybridized carbons (Fsp3) is 0.432. The van der Waals surface area contributed by atoms with Gasteiger partial charge in [0.05, 0.1) is 12.1 Å². The van der Waals surface area contributed by atoms with E-state index in [9.17, 15) is 14.4 Å². The predicted molar refractivity (Wildman–Crippen MR) is 183 cm³/mol. The molecule has 3 fully saturated rings. The maximum Gasteiger partial charge on any atom is 0.419 e. The summed E-state index contributed by atoms with van der Waals surface area (Å²) in [5, 5.41) is 5.74. The molecule has 2 atom stereocenters. The summed E-state index contributed by atoms with van der Waals surface area (Å²) >= 11 is 0. The van der Waals surface area contributed by atoms with Gasteiger partial charge in [0.15, 0.2) is 0 Å². The normalized spacial score (nSPS) is 19.7. The minimum Gasteiger partial charge on any atom is -0.490 e. The number of nitrogens with one attached hydrogen (secondary N) is 2. The lowest BCUT2D eigenvalue weighted by atomic mass is 9.96. The topological polar surface area (TPSA) is 103 Å². The van der Waals surface area contributed by atoms with Crippen molar-refractivity contribution >= 4 is 35.3 Å². The van der Waals surface area contributed by atoms with E-state index < -0.39 is 12.2 Å². The second-order valence-corrected chi connectivity index (χ2v) is 12.8. The van der Waals surface area contributed by atoms with Crippen molar-refractivity contribution in [1.29, 1.82) is 0 Å². The highest BCUT2D eigenvalue weighted by Crippen LogP contribution is 2.27. The third-order valence-corrected chi connectivity index (χ3v) is 9.56. The average molecular weight is 640 g/mol. The van der Waals surface area contributed by atoms with Crippen LogP contribution < -0.4 is 20.3 Å². The van der Waals surface area contributed by atoms with Gasteiger partial charge < -0.3 is 34.8 Å². The van der Waals surface area contributed by atoms with Crippen LogP contribution in [-0.4, -0.2) is 72.9 Å². The van der Waals surface area contributed by atoms with Crippen LogP contribution in [0.5, 0.6) is 5.75 Å². The van der Waals surface area contributed by atoms with E-state index in [2.05, 4.69) is 27.7 Å². The smallest absolute Gasteiger partial charge is 0.419 e. The van der Waals surface area contributed by atoms with Crippen LogP contribution >= 0.6 is 0 Å². The highest BCUT2D eigenvalue weighted by Gasteiger charge is 2.34. The van der Waals surface area contributed by atoms with E-state index in [4.69, 9.17) is 9.47 Å². The molecule has 1 aliphatic carbocycles. The third-order valence-electron chi connectivity index (χ3n) is 9.56. The molecule has 248 valence electrons. The van der Waals surface area contributed by atoms with E-state index in [1.807, 2.05) is 66.7 Å². The lowest BCUT2D eigenvalue weighted by molar-refractivity contribution is 0.0728. The first kappa shape index (κ1) is 32.2. The molecule has 2 saturated heterocycles. The summed E-state index contributed by atoms with van der Waals surface area (Å²) in [5.41, 5.74) is 3.52. The molecule has 47 heavy (non-hydrogen) atoms. The molecule has 10 nitrogen and oxygen atoms in total. The van der Waals surface area contributed by atoms with Crippen molar-refractivity contribution in [3.8, 4) is 5.75 Å². The zero-order valence-corrected chi connectivity index (χ0v) is 27.1. The SMILES string of the molecule is CN(C(=O)OC(=O)N1CCCCC1Cc1ccccc1)[C@H]1CCN(c2ccc(NC(=O)Nc3ccc(OC4CCCC4)cc3)cc2)C1. The number of benzene rings is 3. The molecule has 4 amide bonds. The molecule has 10 heteroatoms. The first-order chi connectivity index (χ1) is 22.9. The Hall–Kier alpha value is -4.73. The zero-order chi connectivity index (χ0) is 32.6. The van der Waals surface area contributed by atoms with Crippen LogP contribution in [0.4, 0.5) is 31.4 Å². The Kier molecular flexibility index (Phi) is 10.4. The van der Waals surface area contributed by atoms with E-state index in [1.54, 1.807) is 16.8 Å². The highest BCUT2D eigenvalue weighted by atomic mass is 16.6. The number of hydrogen-bond donors (Lipinski definition) is 2. The number of amides is 4. The van der Waals surface area contributed by atoms with Crippen LogP contribution in [0.2, 0.25) is 0 Å². The summed E-state index contributed by atoms with van der Waals surface area (Å²) in [6.45, 7) is 1.98. The predicted octanol–water partition coefficient (Wildman–Crippen LogP) is 7.52. The molecule has 0 aromatic heterocycles. The molecule has 3 aliphatic rings. The number of nitrogens with zero attached hydrogens (tertiary/aromatic N) is 3. The quantitative estimate of drug-likeness (QED) is 0.247. The molecule has 0 bridgehead atoms. The minimum atomic E-state index is -0.618. The number of hydrogen-bond acceptors (Lipinski definition) is 6. The fourth-order valence-corrected chi connectivity index (χ4v) is 6.85. The van der Waals surface area contributed by atoms with Crippen molar-refractivity contribution in [2.45, 2.75) is 76.0 Å². The molecule has 6 rings (SSSR count). The molecule has 0 spiro atoms. The first-order valence-corrected chi connectivity index (χ1v) is 16.9. The van der Waals surface area contributed by atoms with Crippen molar-refractivity contribution < 1.29 is 23.9 Å². The van der Waals surface area contributed by atoms with Gasteiger partial charge in [0.2, 0.25) is 0 Å². The first-order valence-electron chi connectivity index (χ1n) is 16.9. The zero-order valence-electron chi connectivity index (χ0n) is 27.1. The summed E-state index contributed by atoms with van der Waals surface area (Å²) < 4.78 is 11.4. The van der Waals surface area contributed by atoms with Crippen LogP contribution in [0.3, 0.4) is 0 Å². The number of urea groups is 1. The maximum absolute atomic E-state index is 13.1. The van der Waals surface area contributed by atoms with E-state index in [-0.39, 0.29) is 18.1 Å². The number of likely N-dealkylation sites (N-methyl/N-ethyl adjacent to an activating group) is 1. The van der Waals surface area contributed by atoms with Crippen molar-refractivity contribution in [3.05, 3.63) is 84.4 Å². The van der Waals surface area contributed by atoms with Crippen LogP contribution in [0.25, 0.3) is 0 Å². The molecule has 1 saturated carbocycles. The Morgan fingerprint density at radius 1 is 0.787 bits per heavy atom. The van der Waals surface area contributed by atoms with Crippen LogP contribution in [-0.2, 0) is 11.2 Å². The van der Waals surface area contributed by atoms with Gasteiger partial charge in [-0.1, -0.05) is 30.3 Å². The van der Waals surface area contributed by atoms with Crippen molar-refractivity contribution in [3.63, 3.8) is 0 Å². The lowest BCUT2D eigenvalue weighted by Crippen LogP contribution is -2.48. The molecule has 2 aliphatic heterocycles. The summed E-state index contributed by atoms with van der Waals surface area (Å²) in [5.74, 6) is 0.823. The third kappa shape index (κ3) is 8.55. The van der Waals surface area contributed by atoms with Gasteiger partial charge in [-0.05, 0) is 112 Å². The Bertz CT molecular complexity index is 1490. The van der Waals surface area contributed by atoms with Gasteiger partial charge in [0, 0.05) is 49.8 Å². The second-order valence-electron chi connectivity index (χ2n) is 12.8. The second kappa shape index (κ2) is 15.2. The molecule has 2 N–H and O–H groups in total. The number of anilines is 3. The molecule has 3 aromatic carbocycles.